The summed E-state index contributed by atoms with van der Waals surface area (Å²) in [7, 11) is 1.89. The minimum absolute atomic E-state index is 0.199. The number of urea groups is 1. The van der Waals surface area contributed by atoms with Crippen LogP contribution in [0, 0.1) is 0 Å². The smallest absolute Gasteiger partial charge is 0.314 e. The molecule has 118 valence electrons. The predicted molar refractivity (Wildman–Crippen MR) is 86.5 cm³/mol. The Bertz CT molecular complexity index is 581. The summed E-state index contributed by atoms with van der Waals surface area (Å²) in [6, 6.07) is 13.6. The summed E-state index contributed by atoms with van der Waals surface area (Å²) >= 11 is 0. The van der Waals surface area contributed by atoms with Crippen LogP contribution in [-0.4, -0.2) is 28.8 Å². The van der Waals surface area contributed by atoms with Gasteiger partial charge in [-0.3, -0.25) is 0 Å². The van der Waals surface area contributed by atoms with Crippen molar-refractivity contribution in [2.24, 2.45) is 7.05 Å². The molecule has 0 aliphatic heterocycles. The van der Waals surface area contributed by atoms with Crippen LogP contribution in [0.1, 0.15) is 23.8 Å². The number of hydrogen-bond acceptors (Lipinski definition) is 2. The van der Waals surface area contributed by atoms with E-state index in [0.29, 0.717) is 19.5 Å². The minimum atomic E-state index is -0.565. The first-order valence-corrected chi connectivity index (χ1v) is 7.51. The van der Waals surface area contributed by atoms with E-state index in [0.717, 1.165) is 12.1 Å². The lowest BCUT2D eigenvalue weighted by atomic mass is 10.1. The normalized spacial score (nSPS) is 11.9. The van der Waals surface area contributed by atoms with E-state index in [1.807, 2.05) is 60.3 Å². The molecular formula is C17H23N3O2. The molecular weight excluding hydrogens is 278 g/mol. The van der Waals surface area contributed by atoms with Crippen LogP contribution in [0.2, 0.25) is 0 Å². The molecule has 1 aromatic heterocycles. The molecule has 1 heterocycles. The van der Waals surface area contributed by atoms with Gasteiger partial charge in [0.25, 0.3) is 0 Å². The van der Waals surface area contributed by atoms with Gasteiger partial charge in [0, 0.05) is 32.0 Å². The zero-order valence-corrected chi connectivity index (χ0v) is 12.8. The average Bonchev–Trinajstić information content (AvgIpc) is 2.94. The van der Waals surface area contributed by atoms with Gasteiger partial charge < -0.3 is 20.3 Å². The third kappa shape index (κ3) is 4.93. The highest BCUT2D eigenvalue weighted by atomic mass is 16.3. The highest BCUT2D eigenvalue weighted by Crippen LogP contribution is 2.15. The van der Waals surface area contributed by atoms with Crippen molar-refractivity contribution in [2.75, 3.05) is 13.1 Å². The number of nitrogens with zero attached hydrogens (tertiary/aromatic N) is 1. The molecule has 1 unspecified atom stereocenters. The number of amides is 2. The number of benzene rings is 1. The molecule has 2 amide bonds. The lowest BCUT2D eigenvalue weighted by Gasteiger charge is -2.13. The number of aliphatic hydroxyl groups is 1. The third-order valence-electron chi connectivity index (χ3n) is 3.57. The van der Waals surface area contributed by atoms with Crippen LogP contribution in [-0.2, 0) is 13.5 Å². The van der Waals surface area contributed by atoms with E-state index >= 15 is 0 Å². The Morgan fingerprint density at radius 1 is 1.14 bits per heavy atom. The monoisotopic (exact) mass is 301 g/mol. The fraction of sp³-hybridized carbons (Fsp3) is 0.353. The molecule has 0 saturated heterocycles. The second-order valence-corrected chi connectivity index (χ2v) is 5.27. The fourth-order valence-corrected chi connectivity index (χ4v) is 2.32. The molecule has 0 aliphatic rings. The average molecular weight is 301 g/mol. The van der Waals surface area contributed by atoms with Crippen LogP contribution in [0.4, 0.5) is 4.79 Å². The van der Waals surface area contributed by atoms with Crippen LogP contribution >= 0.6 is 0 Å². The first kappa shape index (κ1) is 16.1. The molecule has 0 aliphatic carbocycles. The van der Waals surface area contributed by atoms with E-state index in [2.05, 4.69) is 10.6 Å². The van der Waals surface area contributed by atoms with Crippen molar-refractivity contribution in [3.63, 3.8) is 0 Å². The summed E-state index contributed by atoms with van der Waals surface area (Å²) in [4.78, 5) is 11.7. The Morgan fingerprint density at radius 3 is 2.55 bits per heavy atom. The second-order valence-electron chi connectivity index (χ2n) is 5.27. The van der Waals surface area contributed by atoms with Gasteiger partial charge in [-0.1, -0.05) is 30.3 Å². The van der Waals surface area contributed by atoms with Gasteiger partial charge in [0.2, 0.25) is 0 Å². The van der Waals surface area contributed by atoms with Gasteiger partial charge >= 0.3 is 6.03 Å². The van der Waals surface area contributed by atoms with E-state index in [4.69, 9.17) is 0 Å². The van der Waals surface area contributed by atoms with Crippen LogP contribution in [0.25, 0.3) is 0 Å². The topological polar surface area (TPSA) is 66.3 Å². The first-order chi connectivity index (χ1) is 10.7. The van der Waals surface area contributed by atoms with E-state index < -0.39 is 6.10 Å². The molecule has 0 bridgehead atoms. The molecule has 0 spiro atoms. The summed E-state index contributed by atoms with van der Waals surface area (Å²) < 4.78 is 1.88. The summed E-state index contributed by atoms with van der Waals surface area (Å²) in [5.41, 5.74) is 2.05. The summed E-state index contributed by atoms with van der Waals surface area (Å²) in [6.45, 7) is 1.03. The number of carbonyl (C=O) groups is 1. The molecule has 3 N–H and O–H groups in total. The zero-order chi connectivity index (χ0) is 15.8. The Hall–Kier alpha value is -2.27. The summed E-state index contributed by atoms with van der Waals surface area (Å²) in [5, 5.41) is 15.6. The van der Waals surface area contributed by atoms with Crippen LogP contribution < -0.4 is 10.6 Å². The van der Waals surface area contributed by atoms with Crippen molar-refractivity contribution >= 4 is 6.03 Å². The molecule has 0 fully saturated rings. The highest BCUT2D eigenvalue weighted by Gasteiger charge is 2.10. The molecule has 22 heavy (non-hydrogen) atoms. The molecule has 0 saturated carbocycles. The van der Waals surface area contributed by atoms with E-state index in [1.54, 1.807) is 0 Å². The van der Waals surface area contributed by atoms with Crippen LogP contribution in [0.3, 0.4) is 0 Å². The maximum Gasteiger partial charge on any atom is 0.314 e. The summed E-state index contributed by atoms with van der Waals surface area (Å²) in [6.07, 6.45) is 2.62. The van der Waals surface area contributed by atoms with Gasteiger partial charge in [0.1, 0.15) is 0 Å². The number of rotatable bonds is 7. The molecule has 5 nitrogen and oxygen atoms in total. The number of aryl methyl sites for hydroxylation is 1. The first-order valence-electron chi connectivity index (χ1n) is 7.51. The van der Waals surface area contributed by atoms with Crippen molar-refractivity contribution in [3.8, 4) is 0 Å². The molecule has 2 rings (SSSR count). The maximum absolute atomic E-state index is 11.7. The summed E-state index contributed by atoms with van der Waals surface area (Å²) in [5.74, 6) is 0. The van der Waals surface area contributed by atoms with E-state index in [9.17, 15) is 9.90 Å². The number of carbonyl (C=O) groups excluding carboxylic acids is 1. The van der Waals surface area contributed by atoms with Crippen molar-refractivity contribution < 1.29 is 9.90 Å². The third-order valence-corrected chi connectivity index (χ3v) is 3.57. The SMILES string of the molecule is Cn1cccc1C(O)CCNC(=O)NCCc1ccccc1. The van der Waals surface area contributed by atoms with Gasteiger partial charge in [-0.15, -0.1) is 0 Å². The molecule has 5 heteroatoms. The highest BCUT2D eigenvalue weighted by molar-refractivity contribution is 5.73. The van der Waals surface area contributed by atoms with Crippen molar-refractivity contribution in [3.05, 3.63) is 59.9 Å². The van der Waals surface area contributed by atoms with Gasteiger partial charge in [-0.25, -0.2) is 4.79 Å². The molecule has 1 atom stereocenters. The lowest BCUT2D eigenvalue weighted by molar-refractivity contribution is 0.159. The van der Waals surface area contributed by atoms with Gasteiger partial charge in [0.05, 0.1) is 6.10 Å². The van der Waals surface area contributed by atoms with Crippen molar-refractivity contribution in [1.29, 1.82) is 0 Å². The van der Waals surface area contributed by atoms with E-state index in [-0.39, 0.29) is 6.03 Å². The standard InChI is InChI=1S/C17H23N3O2/c1-20-13-5-8-15(20)16(21)10-12-19-17(22)18-11-9-14-6-3-2-4-7-14/h2-8,13,16,21H,9-12H2,1H3,(H2,18,19,22). The minimum Gasteiger partial charge on any atom is -0.387 e. The Kier molecular flexibility index (Phi) is 6.03. The number of hydrogen-bond donors (Lipinski definition) is 3. The molecule has 1 aromatic carbocycles. The maximum atomic E-state index is 11.7. The Labute approximate surface area is 131 Å². The van der Waals surface area contributed by atoms with E-state index in [1.165, 1.54) is 5.56 Å². The van der Waals surface area contributed by atoms with Crippen molar-refractivity contribution in [2.45, 2.75) is 18.9 Å². The quantitative estimate of drug-likeness (QED) is 0.732. The lowest BCUT2D eigenvalue weighted by Crippen LogP contribution is -2.37. The number of aromatic nitrogens is 1. The fourth-order valence-electron chi connectivity index (χ4n) is 2.32. The second kappa shape index (κ2) is 8.24. The van der Waals surface area contributed by atoms with Crippen LogP contribution in [0.5, 0.6) is 0 Å². The van der Waals surface area contributed by atoms with Gasteiger partial charge in [-0.05, 0) is 30.5 Å². The molecule has 2 aromatic rings. The molecule has 0 radical (unpaired) electrons. The zero-order valence-electron chi connectivity index (χ0n) is 12.8. The van der Waals surface area contributed by atoms with Crippen molar-refractivity contribution in [1.82, 2.24) is 15.2 Å². The number of aliphatic hydroxyl groups excluding tert-OH is 1. The Balaban J connectivity index is 1.61. The predicted octanol–water partition coefficient (Wildman–Crippen LogP) is 1.99. The number of nitrogens with one attached hydrogen (secondary N) is 2. The van der Waals surface area contributed by atoms with Crippen LogP contribution in [0.15, 0.2) is 48.7 Å². The Morgan fingerprint density at radius 2 is 1.86 bits per heavy atom. The van der Waals surface area contributed by atoms with Gasteiger partial charge in [-0.2, -0.15) is 0 Å². The largest absolute Gasteiger partial charge is 0.387 e. The van der Waals surface area contributed by atoms with Gasteiger partial charge in [0.15, 0.2) is 0 Å².